The zero-order valence-electron chi connectivity index (χ0n) is 14.8. The molecule has 1 saturated carbocycles. The van der Waals surface area contributed by atoms with E-state index < -0.39 is 39.8 Å². The highest BCUT2D eigenvalue weighted by atomic mass is 32.2. The van der Waals surface area contributed by atoms with E-state index in [-0.39, 0.29) is 23.6 Å². The van der Waals surface area contributed by atoms with Crippen LogP contribution in [-0.2, 0) is 33.4 Å². The lowest BCUT2D eigenvalue weighted by atomic mass is 9.76. The van der Waals surface area contributed by atoms with Gasteiger partial charge in [0.05, 0.1) is 12.0 Å². The molecular formula is C18H24O7S. The molecule has 8 heteroatoms. The molecule has 1 aliphatic carbocycles. The molecule has 26 heavy (non-hydrogen) atoms. The van der Waals surface area contributed by atoms with Gasteiger partial charge in [-0.1, -0.05) is 19.4 Å². The molecule has 0 aromatic rings. The van der Waals surface area contributed by atoms with E-state index in [1.807, 2.05) is 0 Å². The standard InChI is InChI=1S/C18H24O7S/c1-9(2)12(19)7-10-5-3-4-6-11(10)18(20)24-15-13-8-14-16(23-13)17(15)25-26(14,21)22/h10-11,13-17H,1,3-8H2,2H3. The first-order valence-corrected chi connectivity index (χ1v) is 10.7. The normalized spacial score (nSPS) is 42.6. The second kappa shape index (κ2) is 6.42. The number of allylic oxidation sites excluding steroid dienone is 1. The number of hydrogen-bond donors (Lipinski definition) is 0. The lowest BCUT2D eigenvalue weighted by molar-refractivity contribution is -0.163. The number of rotatable bonds is 5. The zero-order chi connectivity index (χ0) is 18.6. The Balaban J connectivity index is 1.44. The molecule has 4 rings (SSSR count). The second-order valence-electron chi connectivity index (χ2n) is 7.93. The van der Waals surface area contributed by atoms with Crippen molar-refractivity contribution in [3.8, 4) is 0 Å². The Labute approximate surface area is 153 Å². The molecule has 144 valence electrons. The lowest BCUT2D eigenvalue weighted by Crippen LogP contribution is -2.43. The Morgan fingerprint density at radius 1 is 1.19 bits per heavy atom. The van der Waals surface area contributed by atoms with Crippen LogP contribution in [0.2, 0.25) is 0 Å². The number of carbonyl (C=O) groups excluding carboxylic acids is 2. The van der Waals surface area contributed by atoms with Gasteiger partial charge in [-0.3, -0.25) is 13.8 Å². The Hall–Kier alpha value is -1.25. The van der Waals surface area contributed by atoms with E-state index in [9.17, 15) is 18.0 Å². The third-order valence-corrected chi connectivity index (χ3v) is 7.87. The first-order chi connectivity index (χ1) is 12.3. The van der Waals surface area contributed by atoms with Crippen molar-refractivity contribution in [3.63, 3.8) is 0 Å². The quantitative estimate of drug-likeness (QED) is 0.403. The van der Waals surface area contributed by atoms with E-state index in [2.05, 4.69) is 6.58 Å². The molecule has 0 spiro atoms. The average Bonchev–Trinajstić information content (AvgIpc) is 3.19. The van der Waals surface area contributed by atoms with Gasteiger partial charge in [-0.2, -0.15) is 8.42 Å². The number of hydrogen-bond acceptors (Lipinski definition) is 7. The maximum absolute atomic E-state index is 12.8. The summed E-state index contributed by atoms with van der Waals surface area (Å²) in [5.74, 6) is -0.790. The fraction of sp³-hybridized carbons (Fsp3) is 0.778. The fourth-order valence-electron chi connectivity index (χ4n) is 4.76. The summed E-state index contributed by atoms with van der Waals surface area (Å²) in [6.07, 6.45) is 1.64. The van der Waals surface area contributed by atoms with Gasteiger partial charge in [-0.05, 0) is 37.7 Å². The fourth-order valence-corrected chi connectivity index (χ4v) is 6.41. The topological polar surface area (TPSA) is 96.0 Å². The van der Waals surface area contributed by atoms with Gasteiger partial charge in [0.1, 0.15) is 17.5 Å². The molecule has 0 aromatic heterocycles. The maximum atomic E-state index is 12.8. The summed E-state index contributed by atoms with van der Waals surface area (Å²) in [4.78, 5) is 24.9. The molecule has 2 bridgehead atoms. The van der Waals surface area contributed by atoms with E-state index >= 15 is 0 Å². The Morgan fingerprint density at radius 2 is 1.92 bits per heavy atom. The second-order valence-corrected chi connectivity index (χ2v) is 9.71. The number of ether oxygens (including phenoxy) is 2. The number of esters is 1. The van der Waals surface area contributed by atoms with Crippen LogP contribution in [0.1, 0.15) is 45.4 Å². The Bertz CT molecular complexity index is 743. The van der Waals surface area contributed by atoms with Crippen molar-refractivity contribution in [3.05, 3.63) is 12.2 Å². The third-order valence-electron chi connectivity index (χ3n) is 6.18. The van der Waals surface area contributed by atoms with E-state index in [1.54, 1.807) is 6.92 Å². The van der Waals surface area contributed by atoms with Crippen molar-refractivity contribution >= 4 is 21.9 Å². The van der Waals surface area contributed by atoms with Gasteiger partial charge in [-0.15, -0.1) is 0 Å². The predicted octanol–water partition coefficient (Wildman–Crippen LogP) is 1.51. The Morgan fingerprint density at radius 3 is 2.65 bits per heavy atom. The van der Waals surface area contributed by atoms with Crippen molar-refractivity contribution in [2.24, 2.45) is 11.8 Å². The summed E-state index contributed by atoms with van der Waals surface area (Å²) in [6.45, 7) is 5.36. The summed E-state index contributed by atoms with van der Waals surface area (Å²) < 4.78 is 40.4. The van der Waals surface area contributed by atoms with E-state index in [1.165, 1.54) is 0 Å². The van der Waals surface area contributed by atoms with Gasteiger partial charge in [0.25, 0.3) is 10.1 Å². The van der Waals surface area contributed by atoms with Crippen LogP contribution in [0, 0.1) is 11.8 Å². The zero-order valence-corrected chi connectivity index (χ0v) is 15.6. The minimum absolute atomic E-state index is 0.0222. The number of Topliss-reactive ketones (excluding diaryl/α,β-unsaturated/α-hetero) is 1. The molecule has 0 amide bonds. The highest BCUT2D eigenvalue weighted by Gasteiger charge is 2.67. The van der Waals surface area contributed by atoms with Gasteiger partial charge in [0, 0.05) is 6.42 Å². The molecule has 4 aliphatic rings. The van der Waals surface area contributed by atoms with Crippen molar-refractivity contribution < 1.29 is 31.7 Å². The SMILES string of the molecule is C=C(C)C(=O)CC1CCCCC1C(=O)OC1C2CC3C(O2)C1OS3(=O)=O. The van der Waals surface area contributed by atoms with Gasteiger partial charge in [-0.25, -0.2) is 0 Å². The van der Waals surface area contributed by atoms with Gasteiger partial charge >= 0.3 is 5.97 Å². The van der Waals surface area contributed by atoms with Crippen LogP contribution in [-0.4, -0.2) is 49.8 Å². The van der Waals surface area contributed by atoms with Crippen molar-refractivity contribution in [2.45, 2.75) is 75.1 Å². The highest BCUT2D eigenvalue weighted by molar-refractivity contribution is 7.87. The summed E-state index contributed by atoms with van der Waals surface area (Å²) in [5.41, 5.74) is 0.500. The van der Waals surface area contributed by atoms with Crippen LogP contribution >= 0.6 is 0 Å². The molecule has 3 heterocycles. The summed E-state index contributed by atoms with van der Waals surface area (Å²) >= 11 is 0. The molecule has 0 aromatic carbocycles. The minimum Gasteiger partial charge on any atom is -0.456 e. The molecular weight excluding hydrogens is 360 g/mol. The monoisotopic (exact) mass is 384 g/mol. The van der Waals surface area contributed by atoms with Crippen LogP contribution < -0.4 is 0 Å². The number of ketones is 1. The molecule has 7 atom stereocenters. The number of fused-ring (bicyclic) bond motifs is 1. The minimum atomic E-state index is -3.63. The molecule has 7 nitrogen and oxygen atoms in total. The Kier molecular flexibility index (Phi) is 4.48. The highest BCUT2D eigenvalue weighted by Crippen LogP contribution is 2.48. The molecule has 4 fully saturated rings. The first-order valence-electron chi connectivity index (χ1n) is 9.24. The van der Waals surface area contributed by atoms with Gasteiger partial charge < -0.3 is 9.47 Å². The van der Waals surface area contributed by atoms with Crippen LogP contribution in [0.3, 0.4) is 0 Å². The summed E-state index contributed by atoms with van der Waals surface area (Å²) in [5, 5.41) is -0.636. The third kappa shape index (κ3) is 2.92. The van der Waals surface area contributed by atoms with Crippen LogP contribution in [0.4, 0.5) is 0 Å². The van der Waals surface area contributed by atoms with Crippen LogP contribution in [0.5, 0.6) is 0 Å². The molecule has 0 N–H and O–H groups in total. The lowest BCUT2D eigenvalue weighted by Gasteiger charge is -2.31. The first kappa shape index (κ1) is 18.1. The van der Waals surface area contributed by atoms with Crippen molar-refractivity contribution in [2.75, 3.05) is 0 Å². The maximum Gasteiger partial charge on any atom is 0.309 e. The predicted molar refractivity (Wildman–Crippen MR) is 90.6 cm³/mol. The van der Waals surface area contributed by atoms with E-state index in [0.717, 1.165) is 19.3 Å². The summed E-state index contributed by atoms with van der Waals surface area (Å²) in [7, 11) is -3.63. The van der Waals surface area contributed by atoms with Gasteiger partial charge in [0.15, 0.2) is 11.9 Å². The smallest absolute Gasteiger partial charge is 0.309 e. The van der Waals surface area contributed by atoms with Crippen LogP contribution in [0.15, 0.2) is 12.2 Å². The molecule has 3 saturated heterocycles. The van der Waals surface area contributed by atoms with Crippen molar-refractivity contribution in [1.29, 1.82) is 0 Å². The van der Waals surface area contributed by atoms with E-state index in [4.69, 9.17) is 13.7 Å². The molecule has 7 unspecified atom stereocenters. The molecule has 0 radical (unpaired) electrons. The van der Waals surface area contributed by atoms with Gasteiger partial charge in [0.2, 0.25) is 0 Å². The average molecular weight is 384 g/mol. The molecule has 3 aliphatic heterocycles. The largest absolute Gasteiger partial charge is 0.456 e. The number of carbonyl (C=O) groups is 2. The van der Waals surface area contributed by atoms with E-state index in [0.29, 0.717) is 24.8 Å². The van der Waals surface area contributed by atoms with Crippen molar-refractivity contribution in [1.82, 2.24) is 0 Å². The summed E-state index contributed by atoms with van der Waals surface area (Å²) in [6, 6.07) is 0. The van der Waals surface area contributed by atoms with Crippen LogP contribution in [0.25, 0.3) is 0 Å².